The number of fused-ring (bicyclic) bond motifs is 3. The first kappa shape index (κ1) is 20.4. The fraction of sp³-hybridized carbons (Fsp3) is 0.542. The summed E-state index contributed by atoms with van der Waals surface area (Å²) >= 11 is 0. The molecule has 0 radical (unpaired) electrons. The van der Waals surface area contributed by atoms with Gasteiger partial charge >= 0.3 is 0 Å². The highest BCUT2D eigenvalue weighted by molar-refractivity contribution is 5.93. The van der Waals surface area contributed by atoms with Crippen molar-refractivity contribution in [3.05, 3.63) is 63.1 Å². The average molecular weight is 425 g/mol. The van der Waals surface area contributed by atoms with Crippen molar-refractivity contribution in [1.82, 2.24) is 19.8 Å². The maximum absolute atomic E-state index is 13.9. The van der Waals surface area contributed by atoms with E-state index in [4.69, 9.17) is 0 Å². The van der Waals surface area contributed by atoms with Gasteiger partial charge in [-0.2, -0.15) is 4.98 Å². The van der Waals surface area contributed by atoms with Crippen LogP contribution in [0.4, 0.5) is 4.39 Å². The number of benzene rings is 1. The van der Waals surface area contributed by atoms with Gasteiger partial charge in [0, 0.05) is 50.3 Å². The molecule has 1 amide bonds. The molecule has 3 aliphatic rings. The molecule has 1 N–H and O–H groups in total. The van der Waals surface area contributed by atoms with E-state index in [2.05, 4.69) is 15.2 Å². The van der Waals surface area contributed by atoms with Crippen LogP contribution in [0, 0.1) is 18.7 Å². The van der Waals surface area contributed by atoms with Crippen LogP contribution >= 0.6 is 0 Å². The summed E-state index contributed by atoms with van der Waals surface area (Å²) in [6.45, 7) is 4.94. The third-order valence-corrected chi connectivity index (χ3v) is 7.26. The number of carbonyl (C=O) groups excluding carboxylic acids is 1. The van der Waals surface area contributed by atoms with Crippen LogP contribution in [-0.2, 0) is 13.1 Å². The first-order chi connectivity index (χ1) is 15.0. The summed E-state index contributed by atoms with van der Waals surface area (Å²) in [5.41, 5.74) is 1.42. The fourth-order valence-electron chi connectivity index (χ4n) is 5.50. The second kappa shape index (κ2) is 8.19. The zero-order valence-electron chi connectivity index (χ0n) is 17.9. The molecule has 2 aliphatic heterocycles. The lowest BCUT2D eigenvalue weighted by molar-refractivity contribution is 0.0925. The van der Waals surface area contributed by atoms with E-state index in [1.807, 2.05) is 17.6 Å². The molecule has 7 heteroatoms. The number of likely N-dealkylation sites (tertiary alicyclic amines) is 1. The van der Waals surface area contributed by atoms with E-state index in [0.717, 1.165) is 56.7 Å². The van der Waals surface area contributed by atoms with Crippen LogP contribution < -0.4 is 10.9 Å². The van der Waals surface area contributed by atoms with Crippen molar-refractivity contribution in [2.75, 3.05) is 13.1 Å². The number of halogens is 1. The molecule has 6 nitrogen and oxygen atoms in total. The molecule has 1 aromatic carbocycles. The van der Waals surface area contributed by atoms with Gasteiger partial charge in [0.05, 0.1) is 0 Å². The van der Waals surface area contributed by atoms with Gasteiger partial charge in [-0.25, -0.2) is 4.39 Å². The minimum absolute atomic E-state index is 0.154. The maximum Gasteiger partial charge on any atom is 0.285 e. The Morgan fingerprint density at radius 1 is 1.19 bits per heavy atom. The molecule has 31 heavy (non-hydrogen) atoms. The number of carbonyl (C=O) groups is 1. The second-order valence-corrected chi connectivity index (χ2v) is 9.36. The highest BCUT2D eigenvalue weighted by atomic mass is 19.1. The van der Waals surface area contributed by atoms with Crippen molar-refractivity contribution in [3.8, 4) is 0 Å². The Morgan fingerprint density at radius 3 is 2.81 bits per heavy atom. The molecule has 2 fully saturated rings. The fourth-order valence-corrected chi connectivity index (χ4v) is 5.50. The summed E-state index contributed by atoms with van der Waals surface area (Å²) in [6, 6.07) is 5.38. The Bertz CT molecular complexity index is 1060. The second-order valence-electron chi connectivity index (χ2n) is 9.36. The van der Waals surface area contributed by atoms with Gasteiger partial charge in [0.2, 0.25) is 0 Å². The Labute approximate surface area is 181 Å². The predicted molar refractivity (Wildman–Crippen MR) is 115 cm³/mol. The summed E-state index contributed by atoms with van der Waals surface area (Å²) in [5, 5.41) is 3.03. The molecule has 1 aromatic heterocycles. The van der Waals surface area contributed by atoms with E-state index >= 15 is 0 Å². The standard InChI is InChI=1S/C24H29FN4O2/c1-15-16(6-5-9-21(15)25)10-28-11-17-12-29-14-20(24(31)27-22(29)19(17)13-28)23(30)26-18-7-3-2-4-8-18/h5-6,9,14,17-19H,2-4,7-8,10-13H2,1H3,(H,26,30)/t17-,19-/m0/s1. The zero-order chi connectivity index (χ0) is 21.5. The number of hydrogen-bond donors (Lipinski definition) is 1. The maximum atomic E-state index is 13.9. The van der Waals surface area contributed by atoms with Crippen LogP contribution in [0.2, 0.25) is 0 Å². The molecule has 0 spiro atoms. The molecule has 1 saturated heterocycles. The summed E-state index contributed by atoms with van der Waals surface area (Å²) in [7, 11) is 0. The predicted octanol–water partition coefficient (Wildman–Crippen LogP) is 2.98. The molecule has 164 valence electrons. The van der Waals surface area contributed by atoms with E-state index in [-0.39, 0.29) is 29.2 Å². The van der Waals surface area contributed by atoms with Crippen LogP contribution in [0.5, 0.6) is 0 Å². The minimum atomic E-state index is -0.431. The monoisotopic (exact) mass is 424 g/mol. The summed E-state index contributed by atoms with van der Waals surface area (Å²) in [4.78, 5) is 32.0. The van der Waals surface area contributed by atoms with Crippen molar-refractivity contribution >= 4 is 5.91 Å². The normalized spacial score (nSPS) is 23.5. The van der Waals surface area contributed by atoms with E-state index in [1.54, 1.807) is 12.3 Å². The SMILES string of the molecule is Cc1c(F)cccc1CN1C[C@H]2Cn3cc(C(=O)NC4CCCCC4)c(=O)nc3[C@H]2C1. The van der Waals surface area contributed by atoms with E-state index in [9.17, 15) is 14.0 Å². The highest BCUT2D eigenvalue weighted by Crippen LogP contribution is 2.38. The van der Waals surface area contributed by atoms with Gasteiger partial charge < -0.3 is 9.88 Å². The largest absolute Gasteiger partial charge is 0.349 e. The summed E-state index contributed by atoms with van der Waals surface area (Å²) in [5.74, 6) is 0.853. The topological polar surface area (TPSA) is 67.2 Å². The molecule has 0 bridgehead atoms. The van der Waals surface area contributed by atoms with Crippen LogP contribution in [0.1, 0.15) is 65.3 Å². The first-order valence-electron chi connectivity index (χ1n) is 11.4. The van der Waals surface area contributed by atoms with Gasteiger partial charge in [0.15, 0.2) is 0 Å². The molecule has 2 atom stereocenters. The number of amides is 1. The lowest BCUT2D eigenvalue weighted by Crippen LogP contribution is -2.39. The van der Waals surface area contributed by atoms with Crippen LogP contribution in [0.15, 0.2) is 29.2 Å². The van der Waals surface area contributed by atoms with E-state index in [1.165, 1.54) is 12.5 Å². The van der Waals surface area contributed by atoms with Gasteiger partial charge in [-0.1, -0.05) is 31.4 Å². The Hall–Kier alpha value is -2.54. The number of hydrogen-bond acceptors (Lipinski definition) is 4. The van der Waals surface area contributed by atoms with Crippen LogP contribution in [0.25, 0.3) is 0 Å². The highest BCUT2D eigenvalue weighted by Gasteiger charge is 2.41. The smallest absolute Gasteiger partial charge is 0.285 e. The molecular weight excluding hydrogens is 395 g/mol. The first-order valence-corrected chi connectivity index (χ1v) is 11.4. The number of rotatable bonds is 4. The van der Waals surface area contributed by atoms with Gasteiger partial charge in [0.25, 0.3) is 11.5 Å². The van der Waals surface area contributed by atoms with E-state index < -0.39 is 5.56 Å². The van der Waals surface area contributed by atoms with Crippen molar-refractivity contribution in [2.45, 2.75) is 64.1 Å². The number of aromatic nitrogens is 2. The van der Waals surface area contributed by atoms with Crippen molar-refractivity contribution in [3.63, 3.8) is 0 Å². The van der Waals surface area contributed by atoms with E-state index in [0.29, 0.717) is 18.0 Å². The van der Waals surface area contributed by atoms with Gasteiger partial charge in [-0.15, -0.1) is 0 Å². The average Bonchev–Trinajstić information content (AvgIpc) is 3.29. The third kappa shape index (κ3) is 3.91. The van der Waals surface area contributed by atoms with Crippen molar-refractivity contribution in [2.24, 2.45) is 5.92 Å². The zero-order valence-corrected chi connectivity index (χ0v) is 17.9. The lowest BCUT2D eigenvalue weighted by atomic mass is 9.95. The van der Waals surface area contributed by atoms with Crippen LogP contribution in [-0.4, -0.2) is 39.5 Å². The van der Waals surface area contributed by atoms with Gasteiger partial charge in [0.1, 0.15) is 17.2 Å². The Kier molecular flexibility index (Phi) is 5.38. The Morgan fingerprint density at radius 2 is 2.00 bits per heavy atom. The molecule has 1 aliphatic carbocycles. The molecule has 2 aromatic rings. The van der Waals surface area contributed by atoms with Crippen molar-refractivity contribution in [1.29, 1.82) is 0 Å². The number of nitrogens with one attached hydrogen (secondary N) is 1. The summed E-state index contributed by atoms with van der Waals surface area (Å²) in [6.07, 6.45) is 7.14. The van der Waals surface area contributed by atoms with Crippen LogP contribution in [0.3, 0.4) is 0 Å². The van der Waals surface area contributed by atoms with Gasteiger partial charge in [-0.05, 0) is 37.0 Å². The molecule has 0 unspecified atom stereocenters. The minimum Gasteiger partial charge on any atom is -0.349 e. The quantitative estimate of drug-likeness (QED) is 0.820. The third-order valence-electron chi connectivity index (χ3n) is 7.26. The molecular formula is C24H29FN4O2. The Balaban J connectivity index is 1.30. The number of nitrogens with zero attached hydrogens (tertiary/aromatic N) is 3. The molecule has 5 rings (SSSR count). The lowest BCUT2D eigenvalue weighted by Gasteiger charge is -2.22. The molecule has 1 saturated carbocycles. The summed E-state index contributed by atoms with van der Waals surface area (Å²) < 4.78 is 15.9. The van der Waals surface area contributed by atoms with Crippen molar-refractivity contribution < 1.29 is 9.18 Å². The van der Waals surface area contributed by atoms with Gasteiger partial charge in [-0.3, -0.25) is 14.5 Å². The molecule has 3 heterocycles.